The van der Waals surface area contributed by atoms with Crippen LogP contribution < -0.4 is 10.2 Å². The lowest BCUT2D eigenvalue weighted by atomic mass is 9.98. The molecule has 1 fully saturated rings. The average Bonchev–Trinajstić information content (AvgIpc) is 3.10. The molecule has 0 unspecified atom stereocenters. The van der Waals surface area contributed by atoms with Gasteiger partial charge in [-0.3, -0.25) is 0 Å². The van der Waals surface area contributed by atoms with Crippen molar-refractivity contribution in [2.24, 2.45) is 5.92 Å². The first kappa shape index (κ1) is 16.0. The molecule has 2 N–H and O–H groups in total. The van der Waals surface area contributed by atoms with Crippen molar-refractivity contribution in [3.05, 3.63) is 54.4 Å². The number of para-hydroxylation sites is 1. The van der Waals surface area contributed by atoms with Crippen molar-refractivity contribution in [2.45, 2.75) is 19.4 Å². The lowest BCUT2D eigenvalue weighted by Crippen LogP contribution is -2.34. The Labute approximate surface area is 147 Å². The van der Waals surface area contributed by atoms with E-state index in [0.29, 0.717) is 19.1 Å². The number of rotatable bonds is 5. The Balaban J connectivity index is 1.38. The van der Waals surface area contributed by atoms with Gasteiger partial charge in [-0.1, -0.05) is 18.2 Å². The molecule has 1 aromatic carbocycles. The SMILES string of the molecule is OCC1CCN(c2ccc(NCc3coc4ccccc34)nc2)CC1. The van der Waals surface area contributed by atoms with Gasteiger partial charge in [0.1, 0.15) is 11.4 Å². The zero-order valence-corrected chi connectivity index (χ0v) is 14.2. The Morgan fingerprint density at radius 3 is 2.76 bits per heavy atom. The molecule has 1 saturated heterocycles. The molecule has 0 spiro atoms. The maximum absolute atomic E-state index is 9.24. The fourth-order valence-corrected chi connectivity index (χ4v) is 3.41. The number of fused-ring (bicyclic) bond motifs is 1. The lowest BCUT2D eigenvalue weighted by molar-refractivity contribution is 0.203. The van der Waals surface area contributed by atoms with E-state index in [1.165, 1.54) is 0 Å². The summed E-state index contributed by atoms with van der Waals surface area (Å²) in [5.41, 5.74) is 3.19. The fourth-order valence-electron chi connectivity index (χ4n) is 3.41. The van der Waals surface area contributed by atoms with Crippen molar-refractivity contribution in [1.82, 2.24) is 4.98 Å². The number of aromatic nitrogens is 1. The summed E-state index contributed by atoms with van der Waals surface area (Å²) in [6, 6.07) is 12.2. The first-order chi connectivity index (χ1) is 12.3. The number of aliphatic hydroxyl groups is 1. The van der Waals surface area contributed by atoms with Gasteiger partial charge in [0, 0.05) is 37.2 Å². The molecule has 0 radical (unpaired) electrons. The Morgan fingerprint density at radius 2 is 2.00 bits per heavy atom. The maximum atomic E-state index is 9.24. The minimum atomic E-state index is 0.303. The van der Waals surface area contributed by atoms with E-state index in [1.54, 1.807) is 6.26 Å². The highest BCUT2D eigenvalue weighted by atomic mass is 16.3. The quantitative estimate of drug-likeness (QED) is 0.744. The van der Waals surface area contributed by atoms with E-state index >= 15 is 0 Å². The predicted molar refractivity (Wildman–Crippen MR) is 99.8 cm³/mol. The van der Waals surface area contributed by atoms with E-state index in [2.05, 4.69) is 27.3 Å². The normalized spacial score (nSPS) is 15.6. The average molecular weight is 337 g/mol. The molecule has 0 saturated carbocycles. The van der Waals surface area contributed by atoms with Crippen LogP contribution in [-0.4, -0.2) is 29.8 Å². The first-order valence-electron chi connectivity index (χ1n) is 8.84. The largest absolute Gasteiger partial charge is 0.464 e. The van der Waals surface area contributed by atoms with E-state index in [1.807, 2.05) is 30.5 Å². The van der Waals surface area contributed by atoms with Crippen molar-refractivity contribution < 1.29 is 9.52 Å². The highest BCUT2D eigenvalue weighted by Crippen LogP contribution is 2.24. The molecule has 0 atom stereocenters. The van der Waals surface area contributed by atoms with Gasteiger partial charge >= 0.3 is 0 Å². The van der Waals surface area contributed by atoms with E-state index in [-0.39, 0.29) is 0 Å². The number of nitrogens with zero attached hydrogens (tertiary/aromatic N) is 2. The number of hydrogen-bond donors (Lipinski definition) is 2. The number of hydrogen-bond acceptors (Lipinski definition) is 5. The van der Waals surface area contributed by atoms with Crippen LogP contribution in [0.5, 0.6) is 0 Å². The van der Waals surface area contributed by atoms with Gasteiger partial charge in [0.2, 0.25) is 0 Å². The minimum absolute atomic E-state index is 0.303. The van der Waals surface area contributed by atoms with Crippen molar-refractivity contribution in [2.75, 3.05) is 29.9 Å². The van der Waals surface area contributed by atoms with Gasteiger partial charge in [0.05, 0.1) is 18.1 Å². The molecule has 0 aliphatic carbocycles. The van der Waals surface area contributed by atoms with Gasteiger partial charge in [-0.15, -0.1) is 0 Å². The number of aliphatic hydroxyl groups excluding tert-OH is 1. The fraction of sp³-hybridized carbons (Fsp3) is 0.350. The van der Waals surface area contributed by atoms with E-state index in [0.717, 1.165) is 54.0 Å². The molecule has 1 aliphatic heterocycles. The van der Waals surface area contributed by atoms with Crippen molar-refractivity contribution in [1.29, 1.82) is 0 Å². The molecule has 3 heterocycles. The predicted octanol–water partition coefficient (Wildman–Crippen LogP) is 3.65. The zero-order chi connectivity index (χ0) is 17.1. The highest BCUT2D eigenvalue weighted by molar-refractivity contribution is 5.81. The summed E-state index contributed by atoms with van der Waals surface area (Å²) in [5, 5.41) is 13.7. The van der Waals surface area contributed by atoms with Crippen LogP contribution in [0.1, 0.15) is 18.4 Å². The van der Waals surface area contributed by atoms with Crippen molar-refractivity contribution >= 4 is 22.5 Å². The molecule has 25 heavy (non-hydrogen) atoms. The van der Waals surface area contributed by atoms with Crippen LogP contribution in [0.3, 0.4) is 0 Å². The van der Waals surface area contributed by atoms with Gasteiger partial charge in [-0.25, -0.2) is 4.98 Å². The van der Waals surface area contributed by atoms with Crippen molar-refractivity contribution in [3.63, 3.8) is 0 Å². The van der Waals surface area contributed by atoms with Crippen molar-refractivity contribution in [3.8, 4) is 0 Å². The third-order valence-corrected chi connectivity index (χ3v) is 5.01. The zero-order valence-electron chi connectivity index (χ0n) is 14.2. The van der Waals surface area contributed by atoms with Gasteiger partial charge in [-0.05, 0) is 37.0 Å². The number of benzene rings is 1. The Bertz CT molecular complexity index is 820. The maximum Gasteiger partial charge on any atom is 0.134 e. The molecule has 3 aromatic rings. The standard InChI is InChI=1S/C20H23N3O2/c24-13-15-7-9-23(10-8-15)17-5-6-20(22-12-17)21-11-16-14-25-19-4-2-1-3-18(16)19/h1-6,12,14-15,24H,7-11,13H2,(H,21,22). The second-order valence-corrected chi connectivity index (χ2v) is 6.63. The number of anilines is 2. The molecule has 1 aliphatic rings. The number of furan rings is 1. The Kier molecular flexibility index (Phi) is 4.57. The van der Waals surface area contributed by atoms with E-state index in [4.69, 9.17) is 4.42 Å². The van der Waals surface area contributed by atoms with Crippen LogP contribution >= 0.6 is 0 Å². The summed E-state index contributed by atoms with van der Waals surface area (Å²) in [7, 11) is 0. The third kappa shape index (κ3) is 3.46. The second kappa shape index (κ2) is 7.15. The topological polar surface area (TPSA) is 61.5 Å². The van der Waals surface area contributed by atoms with E-state index in [9.17, 15) is 5.11 Å². The van der Waals surface area contributed by atoms with Gasteiger partial charge in [-0.2, -0.15) is 0 Å². The number of pyridine rings is 1. The number of nitrogens with one attached hydrogen (secondary N) is 1. The molecule has 0 amide bonds. The summed E-state index contributed by atoms with van der Waals surface area (Å²) >= 11 is 0. The summed E-state index contributed by atoms with van der Waals surface area (Å²) in [6.45, 7) is 2.96. The summed E-state index contributed by atoms with van der Waals surface area (Å²) in [5.74, 6) is 1.31. The molecular weight excluding hydrogens is 314 g/mol. The molecule has 0 bridgehead atoms. The van der Waals surface area contributed by atoms with Gasteiger partial charge in [0.25, 0.3) is 0 Å². The lowest BCUT2D eigenvalue weighted by Gasteiger charge is -2.32. The number of piperidine rings is 1. The minimum Gasteiger partial charge on any atom is -0.464 e. The highest BCUT2D eigenvalue weighted by Gasteiger charge is 2.18. The van der Waals surface area contributed by atoms with Crippen LogP contribution in [0, 0.1) is 5.92 Å². The Morgan fingerprint density at radius 1 is 1.16 bits per heavy atom. The van der Waals surface area contributed by atoms with Gasteiger partial charge in [0.15, 0.2) is 0 Å². The molecule has 5 heteroatoms. The van der Waals surface area contributed by atoms with Crippen LogP contribution in [0.15, 0.2) is 53.3 Å². The van der Waals surface area contributed by atoms with Crippen LogP contribution in [0.25, 0.3) is 11.0 Å². The first-order valence-corrected chi connectivity index (χ1v) is 8.84. The molecule has 2 aromatic heterocycles. The second-order valence-electron chi connectivity index (χ2n) is 6.63. The molecule has 130 valence electrons. The molecule has 5 nitrogen and oxygen atoms in total. The summed E-state index contributed by atoms with van der Waals surface area (Å²) < 4.78 is 5.57. The molecule has 4 rings (SSSR count). The van der Waals surface area contributed by atoms with Gasteiger partial charge < -0.3 is 19.7 Å². The van der Waals surface area contributed by atoms with Crippen LogP contribution in [0.4, 0.5) is 11.5 Å². The smallest absolute Gasteiger partial charge is 0.134 e. The molecular formula is C20H23N3O2. The summed E-state index contributed by atoms with van der Waals surface area (Å²) in [4.78, 5) is 6.88. The van der Waals surface area contributed by atoms with E-state index < -0.39 is 0 Å². The van der Waals surface area contributed by atoms with Crippen LogP contribution in [0.2, 0.25) is 0 Å². The monoisotopic (exact) mass is 337 g/mol. The Hall–Kier alpha value is -2.53. The van der Waals surface area contributed by atoms with Crippen LogP contribution in [-0.2, 0) is 6.54 Å². The third-order valence-electron chi connectivity index (χ3n) is 5.01. The summed E-state index contributed by atoms with van der Waals surface area (Å²) in [6.07, 6.45) is 5.82.